The molecule has 0 spiro atoms. The third kappa shape index (κ3) is 3.52. The Morgan fingerprint density at radius 1 is 1.09 bits per heavy atom. The molecule has 2 unspecified atom stereocenters. The largest absolute Gasteiger partial charge is 0.382 e. The first-order valence-electron chi connectivity index (χ1n) is 11.4. The molecular formula is C26H23N7O2. The van der Waals surface area contributed by atoms with Gasteiger partial charge in [0, 0.05) is 35.8 Å². The van der Waals surface area contributed by atoms with Crippen LogP contribution < -0.4 is 11.1 Å². The number of benzene rings is 1. The van der Waals surface area contributed by atoms with Crippen LogP contribution in [0, 0.1) is 5.92 Å². The van der Waals surface area contributed by atoms with E-state index in [9.17, 15) is 9.59 Å². The van der Waals surface area contributed by atoms with Gasteiger partial charge in [-0.3, -0.25) is 14.0 Å². The maximum absolute atomic E-state index is 12.6. The minimum absolute atomic E-state index is 0.0800. The summed E-state index contributed by atoms with van der Waals surface area (Å²) in [5.74, 6) is 1.75. The van der Waals surface area contributed by atoms with Gasteiger partial charge in [-0.05, 0) is 49.1 Å². The number of nitrogens with zero attached hydrogens (tertiary/aromatic N) is 5. The van der Waals surface area contributed by atoms with Crippen LogP contribution in [0.2, 0.25) is 0 Å². The van der Waals surface area contributed by atoms with E-state index in [1.54, 1.807) is 36.7 Å². The van der Waals surface area contributed by atoms with Crippen LogP contribution in [-0.4, -0.2) is 42.1 Å². The fraction of sp³-hybridized carbons (Fsp3) is 0.192. The van der Waals surface area contributed by atoms with Crippen molar-refractivity contribution in [3.05, 3.63) is 85.1 Å². The van der Waals surface area contributed by atoms with E-state index >= 15 is 0 Å². The molecule has 6 rings (SSSR count). The standard InChI is InChI=1S/C26H23N7O2/c1-2-21(34)33-18-13-17(18)14-19(33)25-31-22(23-24(27)29-11-12-32(23)25)15-6-8-16(9-7-15)26(35)30-20-5-3-4-10-28-20/h2-12,17-19H,1,13-14H2,(H2,27,29)(H,28,30,35)/t17?,18?,19-/m0/s1. The van der Waals surface area contributed by atoms with Gasteiger partial charge in [0.05, 0.1) is 6.04 Å². The SMILES string of the molecule is C=CC(=O)N1C2CC2C[C@H]1c1nc(-c2ccc(C(=O)Nc3ccccn3)cc2)c2c(N)nccn12. The van der Waals surface area contributed by atoms with Gasteiger partial charge in [0.15, 0.2) is 0 Å². The van der Waals surface area contributed by atoms with Gasteiger partial charge in [-0.25, -0.2) is 15.0 Å². The molecular weight excluding hydrogens is 442 g/mol. The molecule has 2 amide bonds. The van der Waals surface area contributed by atoms with E-state index in [1.165, 1.54) is 6.08 Å². The molecule has 4 heterocycles. The molecule has 3 atom stereocenters. The predicted octanol–water partition coefficient (Wildman–Crippen LogP) is 3.47. The van der Waals surface area contributed by atoms with Gasteiger partial charge >= 0.3 is 0 Å². The van der Waals surface area contributed by atoms with Crippen molar-refractivity contribution in [3.63, 3.8) is 0 Å². The molecule has 1 aromatic carbocycles. The van der Waals surface area contributed by atoms with Crippen LogP contribution in [0.15, 0.2) is 73.7 Å². The highest BCUT2D eigenvalue weighted by Gasteiger charge is 2.55. The number of anilines is 2. The molecule has 2 aliphatic rings. The third-order valence-electron chi connectivity index (χ3n) is 6.77. The number of aromatic nitrogens is 4. The summed E-state index contributed by atoms with van der Waals surface area (Å²) in [6.07, 6.45) is 8.34. The van der Waals surface area contributed by atoms with Crippen LogP contribution >= 0.6 is 0 Å². The number of rotatable bonds is 5. The zero-order chi connectivity index (χ0) is 24.1. The first kappa shape index (κ1) is 21.0. The third-order valence-corrected chi connectivity index (χ3v) is 6.77. The van der Waals surface area contributed by atoms with Gasteiger partial charge in [0.25, 0.3) is 5.91 Å². The number of hydrogen-bond acceptors (Lipinski definition) is 6. The Morgan fingerprint density at radius 3 is 2.66 bits per heavy atom. The minimum atomic E-state index is -0.254. The topological polar surface area (TPSA) is 119 Å². The molecule has 3 N–H and O–H groups in total. The van der Waals surface area contributed by atoms with Crippen molar-refractivity contribution in [3.8, 4) is 11.3 Å². The highest BCUT2D eigenvalue weighted by atomic mass is 16.2. The fourth-order valence-electron chi connectivity index (χ4n) is 5.04. The molecule has 1 saturated heterocycles. The van der Waals surface area contributed by atoms with Crippen molar-refractivity contribution in [2.75, 3.05) is 11.1 Å². The summed E-state index contributed by atoms with van der Waals surface area (Å²) in [7, 11) is 0. The van der Waals surface area contributed by atoms with E-state index in [2.05, 4.69) is 21.9 Å². The summed E-state index contributed by atoms with van der Waals surface area (Å²) >= 11 is 0. The first-order valence-corrected chi connectivity index (χ1v) is 11.4. The van der Waals surface area contributed by atoms with Crippen LogP contribution in [0.4, 0.5) is 11.6 Å². The lowest BCUT2D eigenvalue weighted by Gasteiger charge is -2.25. The first-order chi connectivity index (χ1) is 17.0. The number of carbonyl (C=O) groups excluding carboxylic acids is 2. The Labute approximate surface area is 201 Å². The summed E-state index contributed by atoms with van der Waals surface area (Å²) in [4.78, 5) is 40.5. The molecule has 0 bridgehead atoms. The number of piperidine rings is 1. The van der Waals surface area contributed by atoms with Gasteiger partial charge in [-0.15, -0.1) is 0 Å². The average Bonchev–Trinajstić information content (AvgIpc) is 3.37. The highest BCUT2D eigenvalue weighted by Crippen LogP contribution is 2.53. The molecule has 3 aromatic heterocycles. The Kier molecular flexibility index (Phi) is 4.84. The molecule has 174 valence electrons. The predicted molar refractivity (Wildman–Crippen MR) is 131 cm³/mol. The monoisotopic (exact) mass is 465 g/mol. The van der Waals surface area contributed by atoms with Gasteiger partial charge in [0.2, 0.25) is 5.91 Å². The summed E-state index contributed by atoms with van der Waals surface area (Å²) in [5.41, 5.74) is 8.92. The normalized spacial score (nSPS) is 20.5. The van der Waals surface area contributed by atoms with Crippen molar-refractivity contribution in [1.82, 2.24) is 24.3 Å². The van der Waals surface area contributed by atoms with E-state index in [4.69, 9.17) is 10.7 Å². The minimum Gasteiger partial charge on any atom is -0.382 e. The summed E-state index contributed by atoms with van der Waals surface area (Å²) in [5, 5.41) is 2.78. The second-order valence-corrected chi connectivity index (χ2v) is 8.86. The van der Waals surface area contributed by atoms with Crippen molar-refractivity contribution in [1.29, 1.82) is 0 Å². The van der Waals surface area contributed by atoms with Gasteiger partial charge in [-0.2, -0.15) is 0 Å². The molecule has 9 nitrogen and oxygen atoms in total. The van der Waals surface area contributed by atoms with Crippen LogP contribution in [-0.2, 0) is 4.79 Å². The Hall–Kier alpha value is -4.53. The lowest BCUT2D eigenvalue weighted by molar-refractivity contribution is -0.128. The molecule has 9 heteroatoms. The summed E-state index contributed by atoms with van der Waals surface area (Å²) < 4.78 is 1.93. The molecule has 0 radical (unpaired) electrons. The van der Waals surface area contributed by atoms with Crippen molar-refractivity contribution < 1.29 is 9.59 Å². The molecule has 4 aromatic rings. The number of nitrogens with one attached hydrogen (secondary N) is 1. The Balaban J connectivity index is 1.36. The maximum atomic E-state index is 12.6. The molecule has 1 aliphatic heterocycles. The van der Waals surface area contributed by atoms with Crippen LogP contribution in [0.5, 0.6) is 0 Å². The van der Waals surface area contributed by atoms with Crippen molar-refractivity contribution >= 4 is 29.0 Å². The number of likely N-dealkylation sites (tertiary alicyclic amines) is 1. The van der Waals surface area contributed by atoms with E-state index in [0.717, 1.165) is 24.2 Å². The second-order valence-electron chi connectivity index (χ2n) is 8.86. The lowest BCUT2D eigenvalue weighted by Crippen LogP contribution is -2.33. The number of fused-ring (bicyclic) bond motifs is 2. The Morgan fingerprint density at radius 2 is 1.91 bits per heavy atom. The summed E-state index contributed by atoms with van der Waals surface area (Å²) in [6, 6.07) is 12.6. The van der Waals surface area contributed by atoms with Gasteiger partial charge < -0.3 is 16.0 Å². The smallest absolute Gasteiger partial charge is 0.256 e. The quantitative estimate of drug-likeness (QED) is 0.436. The average molecular weight is 466 g/mol. The zero-order valence-corrected chi connectivity index (χ0v) is 18.8. The van der Waals surface area contributed by atoms with E-state index < -0.39 is 0 Å². The number of nitrogen functional groups attached to an aromatic ring is 1. The number of nitrogens with two attached hydrogens (primary N) is 1. The number of carbonyl (C=O) groups is 2. The maximum Gasteiger partial charge on any atom is 0.256 e. The zero-order valence-electron chi connectivity index (χ0n) is 18.8. The molecule has 2 fully saturated rings. The van der Waals surface area contributed by atoms with E-state index in [-0.39, 0.29) is 23.9 Å². The fourth-order valence-corrected chi connectivity index (χ4v) is 5.04. The van der Waals surface area contributed by atoms with E-state index in [1.807, 2.05) is 33.7 Å². The number of pyridine rings is 1. The number of amides is 2. The van der Waals surface area contributed by atoms with Crippen molar-refractivity contribution in [2.45, 2.75) is 24.9 Å². The number of imidazole rings is 1. The lowest BCUT2D eigenvalue weighted by atomic mass is 10.1. The molecule has 1 saturated carbocycles. The second kappa shape index (κ2) is 8.05. The van der Waals surface area contributed by atoms with Crippen LogP contribution in [0.3, 0.4) is 0 Å². The van der Waals surface area contributed by atoms with Crippen LogP contribution in [0.1, 0.15) is 35.1 Å². The van der Waals surface area contributed by atoms with Crippen LogP contribution in [0.25, 0.3) is 16.8 Å². The van der Waals surface area contributed by atoms with Crippen molar-refractivity contribution in [2.24, 2.45) is 5.92 Å². The van der Waals surface area contributed by atoms with Gasteiger partial charge in [0.1, 0.15) is 28.7 Å². The molecule has 35 heavy (non-hydrogen) atoms. The number of hydrogen-bond donors (Lipinski definition) is 2. The Bertz CT molecular complexity index is 1460. The highest BCUT2D eigenvalue weighted by molar-refractivity contribution is 6.04. The van der Waals surface area contributed by atoms with Gasteiger partial charge in [-0.1, -0.05) is 24.8 Å². The molecule has 1 aliphatic carbocycles. The van der Waals surface area contributed by atoms with E-state index in [0.29, 0.717) is 34.3 Å². The summed E-state index contributed by atoms with van der Waals surface area (Å²) in [6.45, 7) is 3.68.